The van der Waals surface area contributed by atoms with E-state index in [4.69, 9.17) is 0 Å². The normalized spacial score (nSPS) is 17.8. The van der Waals surface area contributed by atoms with Crippen LogP contribution in [0.5, 0.6) is 0 Å². The first-order chi connectivity index (χ1) is 10.7. The monoisotopic (exact) mass is 303 g/mol. The summed E-state index contributed by atoms with van der Waals surface area (Å²) in [7, 11) is 0. The fraction of sp³-hybridized carbons (Fsp3) is 0.588. The molecule has 0 saturated carbocycles. The Morgan fingerprint density at radius 2 is 2.09 bits per heavy atom. The van der Waals surface area contributed by atoms with E-state index < -0.39 is 0 Å². The van der Waals surface area contributed by atoms with Crippen LogP contribution in [0.1, 0.15) is 38.7 Å². The number of hydrogen-bond donors (Lipinski definition) is 0. The molecule has 120 valence electrons. The van der Waals surface area contributed by atoms with E-state index in [9.17, 15) is 9.59 Å². The zero-order valence-electron chi connectivity index (χ0n) is 13.5. The molecule has 1 atom stereocenters. The lowest BCUT2D eigenvalue weighted by Crippen LogP contribution is -2.38. The predicted molar refractivity (Wildman–Crippen MR) is 84.9 cm³/mol. The van der Waals surface area contributed by atoms with Gasteiger partial charge in [0.2, 0.25) is 11.8 Å². The summed E-state index contributed by atoms with van der Waals surface area (Å²) in [6.07, 6.45) is 5.72. The number of hydrogen-bond acceptors (Lipinski definition) is 3. The molecule has 0 radical (unpaired) electrons. The molecule has 1 aromatic rings. The van der Waals surface area contributed by atoms with Gasteiger partial charge in [0, 0.05) is 45.0 Å². The molecule has 1 aliphatic rings. The van der Waals surface area contributed by atoms with Crippen molar-refractivity contribution >= 4 is 11.8 Å². The minimum absolute atomic E-state index is 0.0650. The van der Waals surface area contributed by atoms with Crippen LogP contribution in [0.25, 0.3) is 0 Å². The zero-order valence-corrected chi connectivity index (χ0v) is 13.5. The van der Waals surface area contributed by atoms with Crippen LogP contribution in [-0.2, 0) is 16.1 Å². The largest absolute Gasteiger partial charge is 0.342 e. The van der Waals surface area contributed by atoms with Crippen molar-refractivity contribution < 1.29 is 9.59 Å². The summed E-state index contributed by atoms with van der Waals surface area (Å²) in [5.41, 5.74) is 1.00. The molecule has 2 rings (SSSR count). The summed E-state index contributed by atoms with van der Waals surface area (Å²) in [5.74, 6) is 0.00292. The van der Waals surface area contributed by atoms with Crippen LogP contribution in [0.15, 0.2) is 24.5 Å². The molecule has 0 spiro atoms. The molecule has 5 nitrogen and oxygen atoms in total. The Bertz CT molecular complexity index is 498. The van der Waals surface area contributed by atoms with Crippen molar-refractivity contribution in [2.24, 2.45) is 5.92 Å². The molecule has 0 bridgehead atoms. The van der Waals surface area contributed by atoms with E-state index in [1.165, 1.54) is 0 Å². The molecule has 0 aliphatic carbocycles. The van der Waals surface area contributed by atoms with E-state index in [0.29, 0.717) is 19.5 Å². The first kappa shape index (κ1) is 16.5. The minimum atomic E-state index is -0.192. The van der Waals surface area contributed by atoms with Crippen molar-refractivity contribution in [1.29, 1.82) is 0 Å². The Labute approximate surface area is 132 Å². The van der Waals surface area contributed by atoms with Crippen LogP contribution in [0.2, 0.25) is 0 Å². The van der Waals surface area contributed by atoms with Gasteiger partial charge in [-0.3, -0.25) is 14.6 Å². The summed E-state index contributed by atoms with van der Waals surface area (Å²) >= 11 is 0. The number of amides is 2. The molecule has 1 fully saturated rings. The maximum absolute atomic E-state index is 12.6. The van der Waals surface area contributed by atoms with Crippen molar-refractivity contribution in [3.8, 4) is 0 Å². The average Bonchev–Trinajstić information content (AvgIpc) is 2.88. The second kappa shape index (κ2) is 7.92. The Kier molecular flexibility index (Phi) is 5.92. The van der Waals surface area contributed by atoms with Crippen molar-refractivity contribution in [2.45, 2.75) is 39.7 Å². The minimum Gasteiger partial charge on any atom is -0.342 e. The van der Waals surface area contributed by atoms with Gasteiger partial charge >= 0.3 is 0 Å². The van der Waals surface area contributed by atoms with Gasteiger partial charge in [-0.25, -0.2) is 0 Å². The van der Waals surface area contributed by atoms with E-state index in [1.54, 1.807) is 17.3 Å². The van der Waals surface area contributed by atoms with Gasteiger partial charge in [-0.1, -0.05) is 19.9 Å². The number of nitrogens with zero attached hydrogens (tertiary/aromatic N) is 3. The Hall–Kier alpha value is -1.91. The standard InChI is InChI=1S/C17H25N3O2/c1-3-8-19(9-4-2)17(22)15-10-16(21)20(13-15)12-14-6-5-7-18-11-14/h5-7,11,15H,3-4,8-10,12-13H2,1-2H3. The summed E-state index contributed by atoms with van der Waals surface area (Å²) in [4.78, 5) is 32.5. The lowest BCUT2D eigenvalue weighted by molar-refractivity contribution is -0.136. The van der Waals surface area contributed by atoms with Gasteiger partial charge in [0.15, 0.2) is 0 Å². The Balaban J connectivity index is 1.97. The van der Waals surface area contributed by atoms with Gasteiger partial charge in [-0.05, 0) is 24.5 Å². The summed E-state index contributed by atoms with van der Waals surface area (Å²) in [6.45, 7) is 6.77. The average molecular weight is 303 g/mol. The molecular weight excluding hydrogens is 278 g/mol. The second-order valence-corrected chi connectivity index (χ2v) is 5.86. The summed E-state index contributed by atoms with van der Waals surface area (Å²) in [5, 5.41) is 0. The van der Waals surface area contributed by atoms with E-state index in [2.05, 4.69) is 18.8 Å². The summed E-state index contributed by atoms with van der Waals surface area (Å²) < 4.78 is 0. The molecule has 0 N–H and O–H groups in total. The third kappa shape index (κ3) is 4.06. The van der Waals surface area contributed by atoms with E-state index in [1.807, 2.05) is 17.0 Å². The maximum Gasteiger partial charge on any atom is 0.227 e. The highest BCUT2D eigenvalue weighted by Gasteiger charge is 2.36. The summed E-state index contributed by atoms with van der Waals surface area (Å²) in [6, 6.07) is 3.82. The number of aromatic nitrogens is 1. The zero-order chi connectivity index (χ0) is 15.9. The first-order valence-electron chi connectivity index (χ1n) is 8.11. The molecule has 0 aromatic carbocycles. The van der Waals surface area contributed by atoms with Gasteiger partial charge < -0.3 is 9.80 Å². The second-order valence-electron chi connectivity index (χ2n) is 5.86. The first-order valence-corrected chi connectivity index (χ1v) is 8.11. The van der Waals surface area contributed by atoms with Crippen molar-refractivity contribution in [3.63, 3.8) is 0 Å². The maximum atomic E-state index is 12.6. The van der Waals surface area contributed by atoms with Gasteiger partial charge in [0.1, 0.15) is 0 Å². The molecule has 1 aromatic heterocycles. The topological polar surface area (TPSA) is 53.5 Å². The van der Waals surface area contributed by atoms with Crippen LogP contribution in [-0.4, -0.2) is 46.2 Å². The quantitative estimate of drug-likeness (QED) is 0.775. The highest BCUT2D eigenvalue weighted by molar-refractivity contribution is 5.89. The van der Waals surface area contributed by atoms with Gasteiger partial charge in [0.25, 0.3) is 0 Å². The number of likely N-dealkylation sites (tertiary alicyclic amines) is 1. The third-order valence-electron chi connectivity index (χ3n) is 3.96. The molecular formula is C17H25N3O2. The van der Waals surface area contributed by atoms with Crippen molar-refractivity contribution in [3.05, 3.63) is 30.1 Å². The highest BCUT2D eigenvalue weighted by atomic mass is 16.2. The molecule has 22 heavy (non-hydrogen) atoms. The molecule has 1 aliphatic heterocycles. The number of pyridine rings is 1. The molecule has 1 saturated heterocycles. The molecule has 2 amide bonds. The SMILES string of the molecule is CCCN(CCC)C(=O)C1CC(=O)N(Cc2cccnc2)C1. The smallest absolute Gasteiger partial charge is 0.227 e. The predicted octanol–water partition coefficient (Wildman–Crippen LogP) is 2.08. The Morgan fingerprint density at radius 1 is 1.36 bits per heavy atom. The molecule has 5 heteroatoms. The molecule has 2 heterocycles. The van der Waals surface area contributed by atoms with Crippen molar-refractivity contribution in [2.75, 3.05) is 19.6 Å². The Morgan fingerprint density at radius 3 is 2.68 bits per heavy atom. The highest BCUT2D eigenvalue weighted by Crippen LogP contribution is 2.22. The lowest BCUT2D eigenvalue weighted by Gasteiger charge is -2.24. The van der Waals surface area contributed by atoms with Crippen LogP contribution >= 0.6 is 0 Å². The number of carbonyl (C=O) groups is 2. The van der Waals surface area contributed by atoms with Crippen LogP contribution in [0, 0.1) is 5.92 Å². The van der Waals surface area contributed by atoms with Crippen LogP contribution in [0.4, 0.5) is 0 Å². The van der Waals surface area contributed by atoms with Gasteiger partial charge in [-0.2, -0.15) is 0 Å². The lowest BCUT2D eigenvalue weighted by atomic mass is 10.1. The van der Waals surface area contributed by atoms with Crippen LogP contribution in [0.3, 0.4) is 0 Å². The molecule has 1 unspecified atom stereocenters. The number of rotatable bonds is 7. The fourth-order valence-electron chi connectivity index (χ4n) is 2.93. The van der Waals surface area contributed by atoms with E-state index in [-0.39, 0.29) is 17.7 Å². The third-order valence-corrected chi connectivity index (χ3v) is 3.96. The van der Waals surface area contributed by atoms with Crippen LogP contribution < -0.4 is 0 Å². The van der Waals surface area contributed by atoms with Gasteiger partial charge in [-0.15, -0.1) is 0 Å². The van der Waals surface area contributed by atoms with E-state index >= 15 is 0 Å². The fourth-order valence-corrected chi connectivity index (χ4v) is 2.93. The van der Waals surface area contributed by atoms with Crippen molar-refractivity contribution in [1.82, 2.24) is 14.8 Å². The van der Waals surface area contributed by atoms with Gasteiger partial charge in [0.05, 0.1) is 5.92 Å². The number of carbonyl (C=O) groups excluding carboxylic acids is 2. The van der Waals surface area contributed by atoms with E-state index in [0.717, 1.165) is 31.5 Å².